The number of hydrogen-bond donors (Lipinski definition) is 0. The third-order valence-corrected chi connectivity index (χ3v) is 5.24. The van der Waals surface area contributed by atoms with Crippen LogP contribution in [0.3, 0.4) is 0 Å². The van der Waals surface area contributed by atoms with Crippen LogP contribution >= 0.6 is 0 Å². The molecule has 0 spiro atoms. The summed E-state index contributed by atoms with van der Waals surface area (Å²) in [6.07, 6.45) is 8.41. The molecule has 1 heterocycles. The second-order valence-electron chi connectivity index (χ2n) is 5.65. The van der Waals surface area contributed by atoms with Crippen molar-refractivity contribution in [3.63, 3.8) is 0 Å². The van der Waals surface area contributed by atoms with Crippen molar-refractivity contribution in [2.75, 3.05) is 11.5 Å². The van der Waals surface area contributed by atoms with E-state index in [1.165, 1.54) is 37.7 Å². The van der Waals surface area contributed by atoms with Crippen molar-refractivity contribution < 1.29 is 14.0 Å². The molecular formula is C17H26O3S. The van der Waals surface area contributed by atoms with Gasteiger partial charge < -0.3 is 4.89 Å². The molecule has 21 heavy (non-hydrogen) atoms. The van der Waals surface area contributed by atoms with Crippen molar-refractivity contribution in [3.8, 4) is 5.75 Å². The van der Waals surface area contributed by atoms with E-state index in [1.54, 1.807) is 0 Å². The Hall–Kier alpha value is -0.870. The fourth-order valence-electron chi connectivity index (χ4n) is 2.52. The van der Waals surface area contributed by atoms with Crippen molar-refractivity contribution >= 4 is 10.8 Å². The van der Waals surface area contributed by atoms with Crippen LogP contribution in [0.4, 0.5) is 0 Å². The zero-order chi connectivity index (χ0) is 14.9. The van der Waals surface area contributed by atoms with Gasteiger partial charge in [-0.05, 0) is 30.5 Å². The lowest BCUT2D eigenvalue weighted by atomic mass is 10.1. The first kappa shape index (κ1) is 16.5. The van der Waals surface area contributed by atoms with Gasteiger partial charge in [-0.2, -0.15) is 4.89 Å². The van der Waals surface area contributed by atoms with Gasteiger partial charge in [-0.15, -0.1) is 0 Å². The summed E-state index contributed by atoms with van der Waals surface area (Å²) >= 11 is 0. The highest BCUT2D eigenvalue weighted by Crippen LogP contribution is 2.26. The van der Waals surface area contributed by atoms with Gasteiger partial charge in [0.1, 0.15) is 6.61 Å². The number of fused-ring (bicyclic) bond motifs is 1. The van der Waals surface area contributed by atoms with E-state index >= 15 is 0 Å². The number of rotatable bonds is 10. The number of unbranched alkanes of at least 4 members (excludes halogenated alkanes) is 5. The van der Waals surface area contributed by atoms with Crippen LogP contribution in [0.25, 0.3) is 0 Å². The maximum absolute atomic E-state index is 12.0. The van der Waals surface area contributed by atoms with Crippen molar-refractivity contribution in [1.82, 2.24) is 0 Å². The molecule has 1 aliphatic heterocycles. The second kappa shape index (κ2) is 9.21. The van der Waals surface area contributed by atoms with E-state index in [9.17, 15) is 4.21 Å². The van der Waals surface area contributed by atoms with Gasteiger partial charge in [-0.25, -0.2) is 0 Å². The van der Waals surface area contributed by atoms with Crippen molar-refractivity contribution in [1.29, 1.82) is 0 Å². The average molecular weight is 310 g/mol. The molecule has 0 aliphatic carbocycles. The van der Waals surface area contributed by atoms with Crippen molar-refractivity contribution in [2.45, 2.75) is 58.5 Å². The summed E-state index contributed by atoms with van der Waals surface area (Å²) in [6, 6.07) is 6.08. The number of benzene rings is 1. The Morgan fingerprint density at radius 3 is 2.76 bits per heavy atom. The van der Waals surface area contributed by atoms with E-state index < -0.39 is 10.8 Å². The molecule has 0 N–H and O–H groups in total. The van der Waals surface area contributed by atoms with Crippen LogP contribution in [0.1, 0.15) is 56.6 Å². The summed E-state index contributed by atoms with van der Waals surface area (Å²) in [6.45, 7) is 2.75. The van der Waals surface area contributed by atoms with Crippen LogP contribution in [-0.4, -0.2) is 15.7 Å². The standard InChI is InChI=1S/C17H26O3S/c1-2-3-4-5-6-7-11-21(18)12-10-15-8-9-17-16(13-15)14-19-20-17/h8-9,13H,2-7,10-12,14H2,1H3. The van der Waals surface area contributed by atoms with E-state index in [-0.39, 0.29) is 0 Å². The molecule has 0 aromatic heterocycles. The van der Waals surface area contributed by atoms with Crippen LogP contribution < -0.4 is 4.89 Å². The van der Waals surface area contributed by atoms with E-state index in [1.807, 2.05) is 12.1 Å². The fraction of sp³-hybridized carbons (Fsp3) is 0.647. The smallest absolute Gasteiger partial charge is 0.171 e. The fourth-order valence-corrected chi connectivity index (χ4v) is 3.71. The predicted molar refractivity (Wildman–Crippen MR) is 86.8 cm³/mol. The molecule has 1 aromatic carbocycles. The first-order valence-corrected chi connectivity index (χ1v) is 9.54. The Labute approximate surface area is 130 Å². The van der Waals surface area contributed by atoms with Gasteiger partial charge in [0.05, 0.1) is 0 Å². The largest absolute Gasteiger partial charge is 0.337 e. The summed E-state index contributed by atoms with van der Waals surface area (Å²) < 4.78 is 12.0. The monoisotopic (exact) mass is 310 g/mol. The van der Waals surface area contributed by atoms with Crippen LogP contribution in [-0.2, 0) is 28.7 Å². The SMILES string of the molecule is CCCCCCCCS(=O)CCc1ccc2c(c1)COO2. The van der Waals surface area contributed by atoms with Crippen LogP contribution in [0.2, 0.25) is 0 Å². The first-order chi connectivity index (χ1) is 10.3. The highest BCUT2D eigenvalue weighted by Gasteiger charge is 2.13. The molecular weight excluding hydrogens is 284 g/mol. The Kier molecular flexibility index (Phi) is 7.24. The Balaban J connectivity index is 1.60. The molecule has 0 saturated heterocycles. The minimum absolute atomic E-state index is 0.518. The number of hydrogen-bond acceptors (Lipinski definition) is 3. The molecule has 4 heteroatoms. The van der Waals surface area contributed by atoms with Crippen molar-refractivity contribution in [3.05, 3.63) is 29.3 Å². The van der Waals surface area contributed by atoms with E-state index in [4.69, 9.17) is 9.78 Å². The van der Waals surface area contributed by atoms with Gasteiger partial charge in [0.25, 0.3) is 0 Å². The lowest BCUT2D eigenvalue weighted by Crippen LogP contribution is -2.05. The minimum atomic E-state index is -0.689. The van der Waals surface area contributed by atoms with Crippen LogP contribution in [0, 0.1) is 0 Å². The molecule has 1 unspecified atom stereocenters. The van der Waals surface area contributed by atoms with E-state index in [0.717, 1.165) is 35.7 Å². The second-order valence-corrected chi connectivity index (χ2v) is 7.35. The summed E-state index contributed by atoms with van der Waals surface area (Å²) in [5, 5.41) is 0. The average Bonchev–Trinajstić information content (AvgIpc) is 2.96. The first-order valence-electron chi connectivity index (χ1n) is 8.06. The van der Waals surface area contributed by atoms with Crippen molar-refractivity contribution in [2.24, 2.45) is 0 Å². The maximum atomic E-state index is 12.0. The van der Waals surface area contributed by atoms with Gasteiger partial charge in [-0.1, -0.05) is 45.1 Å². The van der Waals surface area contributed by atoms with Crippen LogP contribution in [0.5, 0.6) is 5.75 Å². The molecule has 0 radical (unpaired) electrons. The zero-order valence-electron chi connectivity index (χ0n) is 12.9. The highest BCUT2D eigenvalue weighted by atomic mass is 32.2. The zero-order valence-corrected chi connectivity index (χ0v) is 13.8. The third kappa shape index (κ3) is 5.79. The van der Waals surface area contributed by atoms with E-state index in [0.29, 0.717) is 6.61 Å². The van der Waals surface area contributed by atoms with Gasteiger partial charge in [-0.3, -0.25) is 4.21 Å². The topological polar surface area (TPSA) is 35.5 Å². The summed E-state index contributed by atoms with van der Waals surface area (Å²) in [4.78, 5) is 9.94. The summed E-state index contributed by atoms with van der Waals surface area (Å²) in [5.41, 5.74) is 2.31. The summed E-state index contributed by atoms with van der Waals surface area (Å²) in [5.74, 6) is 2.42. The Morgan fingerprint density at radius 1 is 1.10 bits per heavy atom. The molecule has 0 fully saturated rings. The minimum Gasteiger partial charge on any atom is -0.337 e. The lowest BCUT2D eigenvalue weighted by Gasteiger charge is -2.04. The normalized spacial score (nSPS) is 14.7. The molecule has 1 aromatic rings. The highest BCUT2D eigenvalue weighted by molar-refractivity contribution is 7.84. The van der Waals surface area contributed by atoms with Gasteiger partial charge in [0.15, 0.2) is 5.75 Å². The lowest BCUT2D eigenvalue weighted by molar-refractivity contribution is -0.194. The molecule has 0 amide bonds. The predicted octanol–water partition coefficient (Wildman–Crippen LogP) is 4.16. The Morgan fingerprint density at radius 2 is 1.90 bits per heavy atom. The molecule has 0 bridgehead atoms. The summed E-state index contributed by atoms with van der Waals surface area (Å²) in [7, 11) is -0.689. The van der Waals surface area contributed by atoms with Gasteiger partial charge in [0.2, 0.25) is 0 Å². The molecule has 3 nitrogen and oxygen atoms in total. The van der Waals surface area contributed by atoms with E-state index in [2.05, 4.69) is 13.0 Å². The van der Waals surface area contributed by atoms with Crippen LogP contribution in [0.15, 0.2) is 18.2 Å². The molecule has 1 aliphatic rings. The quantitative estimate of drug-likeness (QED) is 0.481. The number of aryl methyl sites for hydroxylation is 1. The third-order valence-electron chi connectivity index (χ3n) is 3.83. The molecule has 1 atom stereocenters. The Bertz CT molecular complexity index is 459. The van der Waals surface area contributed by atoms with Gasteiger partial charge in [0, 0.05) is 27.9 Å². The molecule has 118 valence electrons. The van der Waals surface area contributed by atoms with Gasteiger partial charge >= 0.3 is 0 Å². The maximum Gasteiger partial charge on any atom is 0.171 e. The molecule has 2 rings (SSSR count). The molecule has 0 saturated carbocycles.